The molecule has 6 aromatic heterocycles. The SMILES string of the molecule is CC.CC.CC.CC.CC.CC.CC.CC.CC.CC.CC.CC.Cn1cccc1.Cn1cccn1.Cn1ccnc1.Cn1ccnn1.Cn1cncn1.Cn1cnnc1. The maximum absolute atomic E-state index is 3.83. The minimum Gasteiger partial charge on any atom is -0.357 e. The zero-order valence-corrected chi connectivity index (χ0v) is 45.5. The van der Waals surface area contributed by atoms with Crippen molar-refractivity contribution >= 4 is 0 Å². The van der Waals surface area contributed by atoms with Crippen molar-refractivity contribution in [2.45, 2.75) is 166 Å². The molecular formula is C46H106N14. The van der Waals surface area contributed by atoms with Gasteiger partial charge in [0.15, 0.2) is 0 Å². The molecule has 0 atom stereocenters. The summed E-state index contributed by atoms with van der Waals surface area (Å²) < 4.78 is 10.7. The van der Waals surface area contributed by atoms with Gasteiger partial charge in [0.05, 0.1) is 12.5 Å². The molecule has 360 valence electrons. The van der Waals surface area contributed by atoms with Crippen molar-refractivity contribution in [3.8, 4) is 0 Å². The topological polar surface area (TPSA) is 133 Å². The van der Waals surface area contributed by atoms with Crippen LogP contribution in [0.3, 0.4) is 0 Å². The first-order valence-electron chi connectivity index (χ1n) is 22.7. The highest BCUT2D eigenvalue weighted by atomic mass is 15.4. The van der Waals surface area contributed by atoms with Crippen LogP contribution in [0.5, 0.6) is 0 Å². The number of aryl methyl sites for hydroxylation is 6. The third-order valence-corrected chi connectivity index (χ3v) is 3.64. The molecule has 60 heavy (non-hydrogen) atoms. The van der Waals surface area contributed by atoms with E-state index in [1.807, 2.05) is 261 Å². The van der Waals surface area contributed by atoms with E-state index in [1.54, 1.807) is 68.7 Å². The van der Waals surface area contributed by atoms with Crippen molar-refractivity contribution in [1.29, 1.82) is 0 Å². The largest absolute Gasteiger partial charge is 0.357 e. The summed E-state index contributed by atoms with van der Waals surface area (Å²) in [5.74, 6) is 0. The Balaban J connectivity index is -0.0000000419. The van der Waals surface area contributed by atoms with Crippen molar-refractivity contribution in [1.82, 2.24) is 68.4 Å². The fraction of sp³-hybridized carbons (Fsp3) is 0.652. The Kier molecular flexibility index (Phi) is 160. The monoisotopic (exact) mass is 855 g/mol. The van der Waals surface area contributed by atoms with E-state index >= 15 is 0 Å². The Bertz CT molecular complexity index is 919. The molecule has 0 spiro atoms. The Hall–Kier alpha value is -4.88. The quantitative estimate of drug-likeness (QED) is 0.147. The van der Waals surface area contributed by atoms with E-state index in [2.05, 4.69) is 40.7 Å². The standard InChI is InChI=1S/C5H7N.2C4H6N2.3C3H5N3.12C2H6/c1-6-4-2-3-5-6;1-6-3-2-5-4-6;1-6-4-2-3-5-6;1-6-2-4-5-3-6;1-6-3-4-2-5-6;1-6-3-2-4-5-6;12*1-2/h2-5H,1H3;2*2-4H,1H3;3*2-3H,1H3;12*1-2H3. The average molecular weight is 855 g/mol. The summed E-state index contributed by atoms with van der Waals surface area (Å²) in [6.07, 6.45) is 22.9. The third-order valence-electron chi connectivity index (χ3n) is 3.64. The lowest BCUT2D eigenvalue weighted by Crippen LogP contribution is -1.85. The molecule has 14 heteroatoms. The molecule has 6 aromatic rings. The van der Waals surface area contributed by atoms with E-state index in [4.69, 9.17) is 0 Å². The van der Waals surface area contributed by atoms with E-state index in [9.17, 15) is 0 Å². The van der Waals surface area contributed by atoms with Gasteiger partial charge in [-0.2, -0.15) is 10.2 Å². The number of rotatable bonds is 0. The van der Waals surface area contributed by atoms with Crippen LogP contribution in [-0.4, -0.2) is 68.4 Å². The summed E-state index contributed by atoms with van der Waals surface area (Å²) in [7, 11) is 11.4. The number of nitrogens with zero attached hydrogens (tertiary/aromatic N) is 14. The summed E-state index contributed by atoms with van der Waals surface area (Å²) in [5.41, 5.74) is 0. The summed E-state index contributed by atoms with van der Waals surface area (Å²) in [4.78, 5) is 7.46. The van der Waals surface area contributed by atoms with Crippen molar-refractivity contribution in [2.24, 2.45) is 42.3 Å². The minimum atomic E-state index is 1.50. The predicted octanol–water partition coefficient (Wildman–Crippen LogP) is 13.6. The first-order valence-corrected chi connectivity index (χ1v) is 22.7. The molecule has 0 bridgehead atoms. The molecule has 0 saturated heterocycles. The lowest BCUT2D eigenvalue weighted by molar-refractivity contribution is 0.715. The highest BCUT2D eigenvalue weighted by Gasteiger charge is 1.73. The second-order valence-corrected chi connectivity index (χ2v) is 7.03. The van der Waals surface area contributed by atoms with Gasteiger partial charge in [-0.3, -0.25) is 14.0 Å². The predicted molar refractivity (Wildman–Crippen MR) is 271 cm³/mol. The van der Waals surface area contributed by atoms with Gasteiger partial charge >= 0.3 is 0 Å². The maximum Gasteiger partial charge on any atom is 0.137 e. The van der Waals surface area contributed by atoms with Crippen LogP contribution < -0.4 is 0 Å². The molecule has 0 radical (unpaired) electrons. The van der Waals surface area contributed by atoms with Crippen molar-refractivity contribution in [2.75, 3.05) is 0 Å². The fourth-order valence-corrected chi connectivity index (χ4v) is 1.88. The fourth-order valence-electron chi connectivity index (χ4n) is 1.88. The van der Waals surface area contributed by atoms with E-state index in [0.717, 1.165) is 0 Å². The first kappa shape index (κ1) is 86.8. The van der Waals surface area contributed by atoms with E-state index in [0.29, 0.717) is 0 Å². The second-order valence-electron chi connectivity index (χ2n) is 7.03. The van der Waals surface area contributed by atoms with E-state index in [-0.39, 0.29) is 0 Å². The van der Waals surface area contributed by atoms with Crippen LogP contribution in [0.2, 0.25) is 0 Å². The molecule has 0 fully saturated rings. The van der Waals surface area contributed by atoms with Crippen LogP contribution in [0.1, 0.15) is 166 Å². The Morgan fingerprint density at radius 3 is 0.817 bits per heavy atom. The summed E-state index contributed by atoms with van der Waals surface area (Å²) in [6.45, 7) is 48.0. The van der Waals surface area contributed by atoms with Crippen LogP contribution in [0.15, 0.2) is 99.4 Å². The van der Waals surface area contributed by atoms with Crippen molar-refractivity contribution < 1.29 is 0 Å². The minimum absolute atomic E-state index is 1.50. The van der Waals surface area contributed by atoms with Gasteiger partial charge in [-0.25, -0.2) is 9.97 Å². The maximum atomic E-state index is 3.83. The molecule has 0 aliphatic rings. The molecule has 0 aromatic carbocycles. The highest BCUT2D eigenvalue weighted by molar-refractivity contribution is 4.88. The second kappa shape index (κ2) is 111. The van der Waals surface area contributed by atoms with Crippen LogP contribution in [0, 0.1) is 0 Å². The summed E-state index contributed by atoms with van der Waals surface area (Å²) >= 11 is 0. The number of aromatic nitrogens is 14. The van der Waals surface area contributed by atoms with Gasteiger partial charge in [0, 0.05) is 85.7 Å². The number of imidazole rings is 1. The van der Waals surface area contributed by atoms with Gasteiger partial charge in [-0.15, -0.1) is 15.3 Å². The Labute approximate surface area is 375 Å². The average Bonchev–Trinajstić information content (AvgIpc) is 4.23. The molecule has 0 unspecified atom stereocenters. The smallest absolute Gasteiger partial charge is 0.137 e. The molecule has 0 amide bonds. The molecule has 0 aliphatic carbocycles. The van der Waals surface area contributed by atoms with E-state index in [1.165, 1.54) is 6.33 Å². The number of hydrogen-bond acceptors (Lipinski definition) is 8. The van der Waals surface area contributed by atoms with Gasteiger partial charge in [-0.05, 0) is 18.2 Å². The first-order chi connectivity index (χ1) is 29.4. The van der Waals surface area contributed by atoms with Crippen molar-refractivity contribution in [3.63, 3.8) is 0 Å². The summed E-state index contributed by atoms with van der Waals surface area (Å²) in [6, 6.07) is 5.89. The molecule has 6 rings (SSSR count). The lowest BCUT2D eigenvalue weighted by Gasteiger charge is -1.79. The Morgan fingerprint density at radius 2 is 0.717 bits per heavy atom. The van der Waals surface area contributed by atoms with Crippen molar-refractivity contribution in [3.05, 3.63) is 99.4 Å². The van der Waals surface area contributed by atoms with Gasteiger partial charge in [-0.1, -0.05) is 171 Å². The van der Waals surface area contributed by atoms with Crippen LogP contribution in [0.25, 0.3) is 0 Å². The zero-order valence-electron chi connectivity index (χ0n) is 45.5. The molecule has 0 N–H and O–H groups in total. The lowest BCUT2D eigenvalue weighted by atomic mass is 10.7. The van der Waals surface area contributed by atoms with E-state index < -0.39 is 0 Å². The molecule has 14 nitrogen and oxygen atoms in total. The Morgan fingerprint density at radius 1 is 0.283 bits per heavy atom. The molecule has 6 heterocycles. The third kappa shape index (κ3) is 105. The van der Waals surface area contributed by atoms with Crippen LogP contribution in [-0.2, 0) is 42.3 Å². The highest BCUT2D eigenvalue weighted by Crippen LogP contribution is 1.80. The van der Waals surface area contributed by atoms with Gasteiger partial charge in [0.25, 0.3) is 0 Å². The van der Waals surface area contributed by atoms with Gasteiger partial charge in [0.1, 0.15) is 25.3 Å². The molecule has 0 saturated carbocycles. The van der Waals surface area contributed by atoms with Gasteiger partial charge in [0.2, 0.25) is 0 Å². The summed E-state index contributed by atoms with van der Waals surface area (Å²) in [5, 5.41) is 21.7. The molecule has 0 aliphatic heterocycles. The zero-order chi connectivity index (χ0) is 50.4. The van der Waals surface area contributed by atoms with Crippen LogP contribution >= 0.6 is 0 Å². The molecular weight excluding hydrogens is 749 g/mol. The van der Waals surface area contributed by atoms with Crippen LogP contribution in [0.4, 0.5) is 0 Å². The van der Waals surface area contributed by atoms with Gasteiger partial charge < -0.3 is 13.7 Å². The number of hydrogen-bond donors (Lipinski definition) is 0. The normalized spacial score (nSPS) is 6.50.